The van der Waals surface area contributed by atoms with Crippen LogP contribution in [0.2, 0.25) is 0 Å². The minimum atomic E-state index is -1.01. The highest BCUT2D eigenvalue weighted by Gasteiger charge is 2.72. The van der Waals surface area contributed by atoms with Crippen molar-refractivity contribution in [2.45, 2.75) is 57.7 Å². The maximum absolute atomic E-state index is 12.6. The molecule has 2 aliphatic carbocycles. The summed E-state index contributed by atoms with van der Waals surface area (Å²) in [4.78, 5) is 24.7. The Kier molecular flexibility index (Phi) is 3.66. The zero-order chi connectivity index (χ0) is 18.7. The van der Waals surface area contributed by atoms with E-state index in [1.165, 1.54) is 5.56 Å². The molecule has 0 amide bonds. The zero-order valence-electron chi connectivity index (χ0n) is 15.3. The number of carbonyl (C=O) groups excluding carboxylic acids is 2. The van der Waals surface area contributed by atoms with Crippen LogP contribution in [-0.2, 0) is 19.7 Å². The van der Waals surface area contributed by atoms with E-state index < -0.39 is 29.6 Å². The second-order valence-electron chi connectivity index (χ2n) is 8.44. The number of hydrogen-bond donors (Lipinski definition) is 0. The lowest BCUT2D eigenvalue weighted by atomic mass is 9.74. The van der Waals surface area contributed by atoms with Crippen LogP contribution in [0.5, 0.6) is 0 Å². The third-order valence-electron chi connectivity index (χ3n) is 6.79. The first-order chi connectivity index (χ1) is 12.3. The molecule has 26 heavy (non-hydrogen) atoms. The molecule has 0 spiro atoms. The van der Waals surface area contributed by atoms with Crippen molar-refractivity contribution >= 4 is 11.9 Å². The van der Waals surface area contributed by atoms with Crippen LogP contribution < -0.4 is 0 Å². The Balaban J connectivity index is 1.49. The van der Waals surface area contributed by atoms with Gasteiger partial charge in [0.2, 0.25) is 0 Å². The number of esters is 2. The van der Waals surface area contributed by atoms with Gasteiger partial charge in [-0.05, 0) is 42.4 Å². The van der Waals surface area contributed by atoms with Gasteiger partial charge in [-0.2, -0.15) is 5.26 Å². The van der Waals surface area contributed by atoms with Crippen LogP contribution in [-0.4, -0.2) is 24.1 Å². The summed E-state index contributed by atoms with van der Waals surface area (Å²) in [6, 6.07) is 9.69. The molecule has 136 valence electrons. The lowest BCUT2D eigenvalue weighted by Crippen LogP contribution is -2.39. The van der Waals surface area contributed by atoms with Gasteiger partial charge in [0.25, 0.3) is 0 Å². The van der Waals surface area contributed by atoms with E-state index in [1.807, 2.05) is 12.1 Å². The Labute approximate surface area is 153 Å². The molecular formula is C21H23NO4. The Bertz CT molecular complexity index is 806. The summed E-state index contributed by atoms with van der Waals surface area (Å²) in [6.07, 6.45) is 1.25. The van der Waals surface area contributed by atoms with Crippen molar-refractivity contribution in [2.75, 3.05) is 0 Å². The molecule has 1 aromatic rings. The molecule has 3 fully saturated rings. The molecule has 1 aromatic carbocycles. The molecule has 1 saturated heterocycles. The zero-order valence-corrected chi connectivity index (χ0v) is 15.3. The summed E-state index contributed by atoms with van der Waals surface area (Å²) in [5, 5.41) is 9.44. The standard InChI is InChI=1S/C21H23NO4/c1-4-20(2,3)14-7-5-12(6-8-14)18(23)25-16-13-9-15-17(16)26-19(24)21(15,10-13)11-22/h5-8,13,15-17H,4,9-10H2,1-3H3. The smallest absolute Gasteiger partial charge is 0.338 e. The number of carbonyl (C=O) groups is 2. The fourth-order valence-electron chi connectivity index (χ4n) is 4.74. The van der Waals surface area contributed by atoms with Crippen LogP contribution in [0.3, 0.4) is 0 Å². The van der Waals surface area contributed by atoms with Crippen molar-refractivity contribution in [2.24, 2.45) is 17.3 Å². The topological polar surface area (TPSA) is 76.4 Å². The molecule has 0 radical (unpaired) electrons. The minimum absolute atomic E-state index is 0.0262. The molecule has 2 saturated carbocycles. The Morgan fingerprint density at radius 2 is 2.08 bits per heavy atom. The highest BCUT2D eigenvalue weighted by molar-refractivity contribution is 5.90. The number of benzene rings is 1. The Morgan fingerprint density at radius 3 is 2.69 bits per heavy atom. The lowest BCUT2D eigenvalue weighted by Gasteiger charge is -2.28. The largest absolute Gasteiger partial charge is 0.457 e. The van der Waals surface area contributed by atoms with E-state index in [1.54, 1.807) is 12.1 Å². The molecule has 3 aliphatic rings. The fourth-order valence-corrected chi connectivity index (χ4v) is 4.74. The first-order valence-electron chi connectivity index (χ1n) is 9.26. The lowest BCUT2D eigenvalue weighted by molar-refractivity contribution is -0.147. The van der Waals surface area contributed by atoms with Crippen LogP contribution in [0, 0.1) is 28.6 Å². The van der Waals surface area contributed by atoms with Crippen LogP contribution in [0.25, 0.3) is 0 Å². The van der Waals surface area contributed by atoms with Crippen LogP contribution >= 0.6 is 0 Å². The monoisotopic (exact) mass is 353 g/mol. The van der Waals surface area contributed by atoms with E-state index in [4.69, 9.17) is 9.47 Å². The molecule has 5 nitrogen and oxygen atoms in total. The van der Waals surface area contributed by atoms with E-state index in [2.05, 4.69) is 26.8 Å². The van der Waals surface area contributed by atoms with E-state index in [0.717, 1.165) is 6.42 Å². The van der Waals surface area contributed by atoms with Crippen molar-refractivity contribution in [3.63, 3.8) is 0 Å². The Morgan fingerprint density at radius 1 is 1.38 bits per heavy atom. The van der Waals surface area contributed by atoms with Gasteiger partial charge in [0.05, 0.1) is 11.6 Å². The number of nitrogens with zero attached hydrogens (tertiary/aromatic N) is 1. The fraction of sp³-hybridized carbons (Fsp3) is 0.571. The average molecular weight is 353 g/mol. The highest BCUT2D eigenvalue weighted by Crippen LogP contribution is 2.62. The predicted molar refractivity (Wildman–Crippen MR) is 93.1 cm³/mol. The van der Waals surface area contributed by atoms with Gasteiger partial charge in [0.1, 0.15) is 12.2 Å². The third-order valence-corrected chi connectivity index (χ3v) is 6.79. The number of ether oxygens (including phenoxy) is 2. The van der Waals surface area contributed by atoms with Crippen molar-refractivity contribution in [1.29, 1.82) is 5.26 Å². The molecule has 1 heterocycles. The number of nitriles is 1. The van der Waals surface area contributed by atoms with Crippen molar-refractivity contribution in [3.05, 3.63) is 35.4 Å². The summed E-state index contributed by atoms with van der Waals surface area (Å²) >= 11 is 0. The predicted octanol–water partition coefficient (Wildman–Crippen LogP) is 3.37. The molecule has 5 unspecified atom stereocenters. The molecule has 5 atom stereocenters. The molecular weight excluding hydrogens is 330 g/mol. The van der Waals surface area contributed by atoms with Gasteiger partial charge in [-0.25, -0.2) is 4.79 Å². The molecule has 0 N–H and O–H groups in total. The molecule has 0 aromatic heterocycles. The van der Waals surface area contributed by atoms with E-state index in [0.29, 0.717) is 18.4 Å². The van der Waals surface area contributed by atoms with Gasteiger partial charge in [0.15, 0.2) is 5.41 Å². The van der Waals surface area contributed by atoms with E-state index >= 15 is 0 Å². The van der Waals surface area contributed by atoms with Gasteiger partial charge >= 0.3 is 11.9 Å². The van der Waals surface area contributed by atoms with Crippen LogP contribution in [0.1, 0.15) is 56.0 Å². The second-order valence-corrected chi connectivity index (χ2v) is 8.44. The first kappa shape index (κ1) is 17.1. The van der Waals surface area contributed by atoms with E-state index in [9.17, 15) is 14.9 Å². The van der Waals surface area contributed by atoms with Crippen molar-refractivity contribution < 1.29 is 19.1 Å². The third kappa shape index (κ3) is 2.21. The van der Waals surface area contributed by atoms with Gasteiger partial charge in [0, 0.05) is 11.8 Å². The molecule has 4 rings (SSSR count). The van der Waals surface area contributed by atoms with Crippen LogP contribution in [0.4, 0.5) is 0 Å². The van der Waals surface area contributed by atoms with Gasteiger partial charge in [-0.1, -0.05) is 32.9 Å². The maximum Gasteiger partial charge on any atom is 0.338 e. The summed E-state index contributed by atoms with van der Waals surface area (Å²) in [7, 11) is 0. The summed E-state index contributed by atoms with van der Waals surface area (Å²) in [5.74, 6) is -0.954. The van der Waals surface area contributed by atoms with Gasteiger partial charge in [-0.15, -0.1) is 0 Å². The summed E-state index contributed by atoms with van der Waals surface area (Å²) < 4.78 is 11.1. The summed E-state index contributed by atoms with van der Waals surface area (Å²) in [6.45, 7) is 6.48. The average Bonchev–Trinajstić information content (AvgIpc) is 3.23. The second kappa shape index (κ2) is 5.57. The highest BCUT2D eigenvalue weighted by atomic mass is 16.6. The number of hydrogen-bond acceptors (Lipinski definition) is 5. The minimum Gasteiger partial charge on any atom is -0.457 e. The maximum atomic E-state index is 12.6. The Hall–Kier alpha value is -2.35. The van der Waals surface area contributed by atoms with Gasteiger partial charge in [-0.3, -0.25) is 4.79 Å². The summed E-state index contributed by atoms with van der Waals surface area (Å²) in [5.41, 5.74) is 0.733. The van der Waals surface area contributed by atoms with Crippen LogP contribution in [0.15, 0.2) is 24.3 Å². The molecule has 1 aliphatic heterocycles. The SMILES string of the molecule is CCC(C)(C)c1ccc(C(=O)OC2C3CC4C2OC(=O)C4(C#N)C3)cc1. The first-order valence-corrected chi connectivity index (χ1v) is 9.26. The number of rotatable bonds is 4. The van der Waals surface area contributed by atoms with Crippen molar-refractivity contribution in [1.82, 2.24) is 0 Å². The number of fused-ring (bicyclic) bond motifs is 1. The van der Waals surface area contributed by atoms with E-state index in [-0.39, 0.29) is 17.3 Å². The van der Waals surface area contributed by atoms with Crippen molar-refractivity contribution in [3.8, 4) is 6.07 Å². The normalized spacial score (nSPS) is 34.5. The molecule has 2 bridgehead atoms. The molecule has 5 heteroatoms. The quantitative estimate of drug-likeness (QED) is 0.776. The van der Waals surface area contributed by atoms with Gasteiger partial charge < -0.3 is 9.47 Å².